The summed E-state index contributed by atoms with van der Waals surface area (Å²) in [5.74, 6) is 2.93. The molecule has 4 saturated carbocycles. The Morgan fingerprint density at radius 3 is 2.31 bits per heavy atom. The highest BCUT2D eigenvalue weighted by molar-refractivity contribution is 6.74. The molecule has 6 aliphatic rings. The topological polar surface area (TPSA) is 46.2 Å². The third-order valence-electron chi connectivity index (χ3n) is 12.9. The number of fused-ring (bicyclic) bond motifs is 1. The number of hydrogen-bond donors (Lipinski definition) is 0. The van der Waals surface area contributed by atoms with E-state index in [0.29, 0.717) is 29.6 Å². The Morgan fingerprint density at radius 1 is 0.956 bits per heavy atom. The van der Waals surface area contributed by atoms with Gasteiger partial charge in [-0.15, -0.1) is 0 Å². The Morgan fingerprint density at radius 2 is 1.64 bits per heavy atom. The predicted molar refractivity (Wildman–Crippen MR) is 185 cm³/mol. The van der Waals surface area contributed by atoms with Crippen LogP contribution in [0.4, 0.5) is 0 Å². The van der Waals surface area contributed by atoms with E-state index in [0.717, 1.165) is 76.2 Å². The van der Waals surface area contributed by atoms with Crippen LogP contribution in [0.15, 0.2) is 22.8 Å². The third kappa shape index (κ3) is 7.83. The molecule has 0 radical (unpaired) electrons. The number of allylic oxidation sites excluding steroid dienone is 2. The summed E-state index contributed by atoms with van der Waals surface area (Å²) in [5.41, 5.74) is 1.28. The zero-order chi connectivity index (χ0) is 31.7. The molecule has 2 bridgehead atoms. The zero-order valence-electron chi connectivity index (χ0n) is 29.1. The minimum Gasteiger partial charge on any atom is -0.417 e. The van der Waals surface area contributed by atoms with Gasteiger partial charge in [-0.2, -0.15) is 0 Å². The van der Waals surface area contributed by atoms with Gasteiger partial charge in [0.05, 0.1) is 11.7 Å². The van der Waals surface area contributed by atoms with Crippen molar-refractivity contribution in [2.45, 2.75) is 166 Å². The molecule has 2 saturated heterocycles. The second-order valence-electron chi connectivity index (χ2n) is 16.8. The van der Waals surface area contributed by atoms with Gasteiger partial charge in [-0.3, -0.25) is 0 Å². The average molecular weight is 663 g/mol. The molecule has 0 N–H and O–H groups in total. The lowest BCUT2D eigenvalue weighted by Gasteiger charge is -2.38. The average Bonchev–Trinajstić information content (AvgIpc) is 3.79. The van der Waals surface area contributed by atoms with Gasteiger partial charge in [0.25, 0.3) is 0 Å². The van der Waals surface area contributed by atoms with Gasteiger partial charge in [-0.05, 0) is 143 Å². The van der Waals surface area contributed by atoms with Crippen LogP contribution in [0, 0.1) is 29.6 Å². The number of rotatable bonds is 13. The fourth-order valence-corrected chi connectivity index (χ4v) is 10.9. The molecule has 0 aromatic heterocycles. The van der Waals surface area contributed by atoms with Crippen LogP contribution in [-0.2, 0) is 23.4 Å². The fraction of sp³-hybridized carbons (Fsp3) is 0.895. The lowest BCUT2D eigenvalue weighted by molar-refractivity contribution is -0.221. The highest BCUT2D eigenvalue weighted by Gasteiger charge is 2.64. The van der Waals surface area contributed by atoms with Crippen molar-refractivity contribution < 1.29 is 23.4 Å². The molecule has 5 nitrogen and oxygen atoms in total. The summed E-state index contributed by atoms with van der Waals surface area (Å²) in [6.07, 6.45) is 23.3. The molecule has 0 aromatic rings. The van der Waals surface area contributed by atoms with E-state index in [1.807, 2.05) is 0 Å². The predicted octanol–water partition coefficient (Wildman–Crippen LogP) is 10.3. The van der Waals surface area contributed by atoms with Crippen molar-refractivity contribution in [2.24, 2.45) is 29.6 Å². The van der Waals surface area contributed by atoms with Gasteiger partial charge >= 0.3 is 0 Å². The highest BCUT2D eigenvalue weighted by atomic mass is 35.5. The lowest BCUT2D eigenvalue weighted by atomic mass is 9.81. The first-order valence-corrected chi connectivity index (χ1v) is 22.1. The van der Waals surface area contributed by atoms with Crippen LogP contribution in [-0.4, -0.2) is 52.4 Å². The molecule has 0 amide bonds. The van der Waals surface area contributed by atoms with E-state index >= 15 is 0 Å². The minimum atomic E-state index is -1.69. The molecule has 8 atom stereocenters. The Kier molecular flexibility index (Phi) is 11.3. The zero-order valence-corrected chi connectivity index (χ0v) is 30.9. The molecule has 4 aliphatic carbocycles. The Bertz CT molecular complexity index is 1040. The second kappa shape index (κ2) is 14.7. The van der Waals surface area contributed by atoms with E-state index in [1.54, 1.807) is 5.57 Å². The van der Waals surface area contributed by atoms with Crippen LogP contribution in [0.2, 0.25) is 18.1 Å². The van der Waals surface area contributed by atoms with E-state index in [1.165, 1.54) is 51.4 Å². The summed E-state index contributed by atoms with van der Waals surface area (Å²) < 4.78 is 32.7. The molecular weight excluding hydrogens is 600 g/mol. The van der Waals surface area contributed by atoms with Crippen LogP contribution in [0.3, 0.4) is 0 Å². The molecule has 0 spiro atoms. The molecule has 256 valence electrons. The van der Waals surface area contributed by atoms with Crippen molar-refractivity contribution in [3.8, 4) is 0 Å². The van der Waals surface area contributed by atoms with Gasteiger partial charge in [0.1, 0.15) is 0 Å². The fourth-order valence-electron chi connectivity index (χ4n) is 9.38. The van der Waals surface area contributed by atoms with Crippen LogP contribution < -0.4 is 0 Å². The molecule has 6 rings (SSSR count). The maximum atomic E-state index is 7.25. The van der Waals surface area contributed by atoms with Crippen molar-refractivity contribution in [2.75, 3.05) is 19.8 Å². The maximum Gasteiger partial charge on any atom is 0.191 e. The summed E-state index contributed by atoms with van der Waals surface area (Å²) in [7, 11) is -1.69. The van der Waals surface area contributed by atoms with E-state index in [2.05, 4.69) is 46.0 Å². The molecule has 2 heterocycles. The minimum absolute atomic E-state index is 0.0659. The van der Waals surface area contributed by atoms with Gasteiger partial charge < -0.3 is 23.4 Å². The van der Waals surface area contributed by atoms with Crippen LogP contribution >= 0.6 is 11.6 Å². The maximum absolute atomic E-state index is 7.25. The normalized spacial score (nSPS) is 37.6. The first kappa shape index (κ1) is 34.6. The van der Waals surface area contributed by atoms with Crippen molar-refractivity contribution in [3.05, 3.63) is 22.8 Å². The summed E-state index contributed by atoms with van der Waals surface area (Å²) in [5, 5.41) is 1.40. The molecule has 2 aliphatic heterocycles. The van der Waals surface area contributed by atoms with Crippen molar-refractivity contribution >= 4 is 19.9 Å². The lowest BCUT2D eigenvalue weighted by Crippen LogP contribution is -2.41. The van der Waals surface area contributed by atoms with E-state index in [4.69, 9.17) is 35.0 Å². The Balaban J connectivity index is 1.16. The van der Waals surface area contributed by atoms with Crippen LogP contribution in [0.5, 0.6) is 0 Å². The number of unbranched alkanes of at least 4 members (excludes halogenated alkanes) is 1. The molecule has 0 aromatic carbocycles. The van der Waals surface area contributed by atoms with E-state index in [-0.39, 0.29) is 29.3 Å². The monoisotopic (exact) mass is 662 g/mol. The Labute approximate surface area is 280 Å². The highest BCUT2D eigenvalue weighted by Crippen LogP contribution is 2.68. The molecule has 6 fully saturated rings. The van der Waals surface area contributed by atoms with Gasteiger partial charge in [0.15, 0.2) is 20.9 Å². The molecule has 3 unspecified atom stereocenters. The smallest absolute Gasteiger partial charge is 0.191 e. The summed E-state index contributed by atoms with van der Waals surface area (Å²) in [6, 6.07) is 0. The number of ether oxygens (including phenoxy) is 4. The van der Waals surface area contributed by atoms with Gasteiger partial charge in [-0.1, -0.05) is 57.4 Å². The van der Waals surface area contributed by atoms with Crippen LogP contribution in [0.25, 0.3) is 0 Å². The molecule has 45 heavy (non-hydrogen) atoms. The standard InChI is InChI=1S/C38H63ClO5Si/c1-37(2,3)45(4,5)42-23-13-8-16-32(39)36-28-24-29-30(36)26-38(31(29)25-28,44-35-18-10-12-22-41-35)20-19-33(27-14-6-7-15-27)43-34-17-9-11-21-40-34/h19-20,27-31,33-35H,6-18,21-26H2,1-5H3/b20-19+,36-32?/t28?,29-,30+,31-,33?,34?,35+,38+/m1/s1. The number of halogens is 1. The quantitative estimate of drug-likeness (QED) is 0.112. The summed E-state index contributed by atoms with van der Waals surface area (Å²) in [4.78, 5) is 0. The van der Waals surface area contributed by atoms with Gasteiger partial charge in [0.2, 0.25) is 0 Å². The van der Waals surface area contributed by atoms with E-state index < -0.39 is 8.32 Å². The largest absolute Gasteiger partial charge is 0.417 e. The van der Waals surface area contributed by atoms with Gasteiger partial charge in [-0.25, -0.2) is 0 Å². The van der Waals surface area contributed by atoms with Crippen molar-refractivity contribution in [1.29, 1.82) is 0 Å². The first-order chi connectivity index (χ1) is 21.6. The third-order valence-corrected chi connectivity index (χ3v) is 17.8. The Hall–Kier alpha value is -0.213. The van der Waals surface area contributed by atoms with Gasteiger partial charge in [0, 0.05) is 24.9 Å². The SMILES string of the molecule is CC(C)(C)[Si](C)(C)OCCCCC(Cl)=C1C2C[C@@H]3[C@@H]1C[C@](/C=C/C(OC1CCCCO1)C1CCCC1)(O[C@H]1CCCCO1)[C@@H]3C2. The number of hydrogen-bond acceptors (Lipinski definition) is 5. The first-order valence-electron chi connectivity index (χ1n) is 18.8. The van der Waals surface area contributed by atoms with E-state index in [9.17, 15) is 0 Å². The second-order valence-corrected chi connectivity index (χ2v) is 22.1. The molecule has 7 heteroatoms. The molecular formula is C38H63ClO5Si. The van der Waals surface area contributed by atoms with Crippen molar-refractivity contribution in [1.82, 2.24) is 0 Å². The summed E-state index contributed by atoms with van der Waals surface area (Å²) >= 11 is 7.25. The summed E-state index contributed by atoms with van der Waals surface area (Å²) in [6.45, 7) is 14.1. The van der Waals surface area contributed by atoms with Crippen LogP contribution in [0.1, 0.15) is 124 Å². The van der Waals surface area contributed by atoms with Crippen molar-refractivity contribution in [3.63, 3.8) is 0 Å².